The van der Waals surface area contributed by atoms with Crippen LogP contribution in [0.1, 0.15) is 74.1 Å². The highest BCUT2D eigenvalue weighted by atomic mass is 32.2. The van der Waals surface area contributed by atoms with E-state index >= 15 is 4.39 Å². The number of imide groups is 1. The number of nitrogens with zero attached hydrogens (tertiary/aromatic N) is 3. The van der Waals surface area contributed by atoms with Crippen molar-refractivity contribution in [3.63, 3.8) is 0 Å². The second-order valence-corrected chi connectivity index (χ2v) is 16.2. The van der Waals surface area contributed by atoms with Crippen LogP contribution in [0, 0.1) is 0 Å². The van der Waals surface area contributed by atoms with Crippen molar-refractivity contribution in [1.29, 1.82) is 0 Å². The number of alkyl halides is 1. The molecule has 3 rings (SSSR count). The number of halogens is 1. The Kier molecular flexibility index (Phi) is 11.5. The van der Waals surface area contributed by atoms with E-state index in [1.165, 1.54) is 0 Å². The fourth-order valence-electron chi connectivity index (χ4n) is 3.87. The molecule has 2 amide bonds. The standard InChI is InChI=1S/C27H42FN3O12PS/c1-25(2,3)41-22(33)31(23(34)42-26(4,5)6)17-11-12-30(21(32)29-17)20-18(28)19(40-24(35)43-27(7,8)9)16(45-20)15-39-44(36)37-13-10-14-38-44/h11-12,16,18-20,36H,10,13-15H2,1-9H3/q+1/t16-,18+,19-,20-/m1/s1. The molecule has 3 heterocycles. The molecule has 1 aromatic heterocycles. The molecular weight excluding hydrogens is 640 g/mol. The molecule has 0 radical (unpaired) electrons. The van der Waals surface area contributed by atoms with Gasteiger partial charge in [0, 0.05) is 12.6 Å². The Hall–Kier alpha value is -2.56. The minimum atomic E-state index is -3.68. The summed E-state index contributed by atoms with van der Waals surface area (Å²) in [5, 5.41) is -2.26. The van der Waals surface area contributed by atoms with E-state index in [1.807, 2.05) is 0 Å². The zero-order valence-corrected chi connectivity index (χ0v) is 28.5. The third-order valence-corrected chi connectivity index (χ3v) is 8.57. The zero-order chi connectivity index (χ0) is 34.0. The predicted molar refractivity (Wildman–Crippen MR) is 161 cm³/mol. The van der Waals surface area contributed by atoms with Crippen LogP contribution in [0.25, 0.3) is 0 Å². The summed E-state index contributed by atoms with van der Waals surface area (Å²) >= 11 is 0.873. The molecule has 0 aromatic carbocycles. The SMILES string of the molecule is CC(C)(C)OC(=O)O[C@H]1[C@H](F)[C@H](n2ccc(N(C(=O)OC(C)(C)C)C(=O)OC(C)(C)C)nc2=O)S[C@@H]1CO[P+]1(O)OCCCO1. The van der Waals surface area contributed by atoms with E-state index in [0.29, 0.717) is 11.3 Å². The van der Waals surface area contributed by atoms with E-state index in [-0.39, 0.29) is 19.8 Å². The first kappa shape index (κ1) is 36.9. The maximum atomic E-state index is 16.0. The van der Waals surface area contributed by atoms with Gasteiger partial charge < -0.3 is 18.9 Å². The van der Waals surface area contributed by atoms with Crippen LogP contribution in [-0.2, 0) is 32.5 Å². The van der Waals surface area contributed by atoms with Crippen molar-refractivity contribution in [1.82, 2.24) is 9.55 Å². The van der Waals surface area contributed by atoms with Gasteiger partial charge in [-0.15, -0.1) is 11.8 Å². The number of rotatable bonds is 6. The highest BCUT2D eigenvalue weighted by Crippen LogP contribution is 2.60. The maximum Gasteiger partial charge on any atom is 0.572 e. The van der Waals surface area contributed by atoms with E-state index in [4.69, 9.17) is 32.5 Å². The number of carbonyl (C=O) groups is 3. The molecule has 0 saturated carbocycles. The summed E-state index contributed by atoms with van der Waals surface area (Å²) in [6.07, 6.45) is -5.22. The molecule has 18 heteroatoms. The van der Waals surface area contributed by atoms with Gasteiger partial charge in [0.15, 0.2) is 18.1 Å². The Balaban J connectivity index is 1.91. The van der Waals surface area contributed by atoms with E-state index in [2.05, 4.69) is 4.98 Å². The van der Waals surface area contributed by atoms with Gasteiger partial charge in [-0.3, -0.25) is 4.57 Å². The van der Waals surface area contributed by atoms with Crippen molar-refractivity contribution in [2.24, 2.45) is 0 Å². The number of anilines is 1. The summed E-state index contributed by atoms with van der Waals surface area (Å²) in [6, 6.07) is 1.15. The van der Waals surface area contributed by atoms with Gasteiger partial charge >= 0.3 is 32.2 Å². The summed E-state index contributed by atoms with van der Waals surface area (Å²) in [5.74, 6) is -0.418. The van der Waals surface area contributed by atoms with E-state index in [1.54, 1.807) is 62.3 Å². The molecule has 2 saturated heterocycles. The fourth-order valence-corrected chi connectivity index (χ4v) is 6.73. The molecule has 1 N–H and O–H groups in total. The van der Waals surface area contributed by atoms with Gasteiger partial charge in [0.2, 0.25) is 0 Å². The monoisotopic (exact) mass is 682 g/mol. The smallest absolute Gasteiger partial charge is 0.443 e. The van der Waals surface area contributed by atoms with E-state index in [9.17, 15) is 24.1 Å². The molecule has 4 atom stereocenters. The molecule has 0 spiro atoms. The zero-order valence-electron chi connectivity index (χ0n) is 26.8. The third kappa shape index (κ3) is 10.7. The van der Waals surface area contributed by atoms with Crippen LogP contribution in [0.2, 0.25) is 0 Å². The van der Waals surface area contributed by atoms with Crippen LogP contribution >= 0.6 is 19.9 Å². The van der Waals surface area contributed by atoms with Crippen molar-refractivity contribution >= 4 is 44.1 Å². The lowest BCUT2D eigenvalue weighted by Crippen LogP contribution is -2.45. The Morgan fingerprint density at radius 3 is 2.04 bits per heavy atom. The summed E-state index contributed by atoms with van der Waals surface area (Å²) in [7, 11) is -3.68. The van der Waals surface area contributed by atoms with Crippen LogP contribution in [0.4, 0.5) is 24.6 Å². The van der Waals surface area contributed by atoms with Gasteiger partial charge in [-0.05, 0) is 68.4 Å². The Bertz CT molecular complexity index is 1260. The molecule has 1 aromatic rings. The second-order valence-electron chi connectivity index (χ2n) is 13.1. The quantitative estimate of drug-likeness (QED) is 0.232. The average Bonchev–Trinajstić information content (AvgIpc) is 3.15. The summed E-state index contributed by atoms with van der Waals surface area (Å²) in [5.41, 5.74) is -3.97. The van der Waals surface area contributed by atoms with Gasteiger partial charge in [0.25, 0.3) is 0 Å². The molecule has 2 fully saturated rings. The first-order valence-electron chi connectivity index (χ1n) is 14.2. The minimum absolute atomic E-state index is 0.200. The molecule has 254 valence electrons. The van der Waals surface area contributed by atoms with E-state index < -0.39 is 77.7 Å². The Labute approximate surface area is 265 Å². The normalized spacial score (nSPS) is 23.6. The summed E-state index contributed by atoms with van der Waals surface area (Å²) in [4.78, 5) is 66.6. The van der Waals surface area contributed by atoms with Gasteiger partial charge in [-0.1, -0.05) is 0 Å². The number of carbonyl (C=O) groups excluding carboxylic acids is 3. The highest BCUT2D eigenvalue weighted by molar-refractivity contribution is 8.00. The number of thioether (sulfide) groups is 1. The number of hydrogen-bond acceptors (Lipinski definition) is 14. The predicted octanol–water partition coefficient (Wildman–Crippen LogP) is 5.32. The fraction of sp³-hybridized carbons (Fsp3) is 0.741. The van der Waals surface area contributed by atoms with Gasteiger partial charge in [0.1, 0.15) is 42.0 Å². The van der Waals surface area contributed by atoms with Crippen molar-refractivity contribution in [3.05, 3.63) is 22.7 Å². The molecule has 2 aliphatic rings. The van der Waals surface area contributed by atoms with Crippen LogP contribution in [0.15, 0.2) is 17.1 Å². The Morgan fingerprint density at radius 2 is 1.56 bits per heavy atom. The van der Waals surface area contributed by atoms with Crippen LogP contribution in [0.3, 0.4) is 0 Å². The molecule has 0 bridgehead atoms. The van der Waals surface area contributed by atoms with Crippen LogP contribution in [0.5, 0.6) is 0 Å². The lowest BCUT2D eigenvalue weighted by molar-refractivity contribution is -0.0471. The summed E-state index contributed by atoms with van der Waals surface area (Å²) in [6.45, 7) is 14.4. The van der Waals surface area contributed by atoms with Gasteiger partial charge in [-0.25, -0.2) is 23.6 Å². The molecule has 0 aliphatic carbocycles. The van der Waals surface area contributed by atoms with Crippen molar-refractivity contribution in [3.8, 4) is 0 Å². The lowest BCUT2D eigenvalue weighted by Gasteiger charge is -2.28. The molecule has 2 aliphatic heterocycles. The lowest BCUT2D eigenvalue weighted by atomic mass is 10.1. The summed E-state index contributed by atoms with van der Waals surface area (Å²) < 4.78 is 54.1. The third-order valence-electron chi connectivity index (χ3n) is 5.56. The van der Waals surface area contributed by atoms with Gasteiger partial charge in [-0.2, -0.15) is 28.3 Å². The average molecular weight is 683 g/mol. The van der Waals surface area contributed by atoms with Gasteiger partial charge in [0.05, 0.1) is 5.25 Å². The maximum absolute atomic E-state index is 16.0. The molecule has 0 unspecified atom stereocenters. The number of ether oxygens (including phenoxy) is 4. The topological polar surface area (TPSA) is 174 Å². The van der Waals surface area contributed by atoms with Crippen LogP contribution in [-0.4, -0.2) is 86.9 Å². The number of amides is 2. The van der Waals surface area contributed by atoms with Crippen molar-refractivity contribution in [2.75, 3.05) is 24.7 Å². The van der Waals surface area contributed by atoms with Crippen molar-refractivity contribution in [2.45, 2.75) is 108 Å². The number of hydrogen-bond donors (Lipinski definition) is 1. The van der Waals surface area contributed by atoms with E-state index in [0.717, 1.165) is 28.6 Å². The number of aromatic nitrogens is 2. The molecule has 15 nitrogen and oxygen atoms in total. The highest BCUT2D eigenvalue weighted by Gasteiger charge is 2.53. The van der Waals surface area contributed by atoms with Crippen molar-refractivity contribution < 1.29 is 56.2 Å². The second kappa shape index (κ2) is 14.1. The largest absolute Gasteiger partial charge is 0.572 e. The first-order chi connectivity index (χ1) is 20.6. The molecular formula is C27H42FN3O12PS+. The minimum Gasteiger partial charge on any atom is -0.443 e. The molecule has 45 heavy (non-hydrogen) atoms. The Morgan fingerprint density at radius 1 is 1.02 bits per heavy atom. The van der Waals surface area contributed by atoms with Crippen LogP contribution < -0.4 is 10.6 Å². The first-order valence-corrected chi connectivity index (χ1v) is 16.6.